The fraction of sp³-hybridized carbons (Fsp3) is 0.0476. The maximum absolute atomic E-state index is 12.6. The van der Waals surface area contributed by atoms with Crippen molar-refractivity contribution in [2.24, 2.45) is 0 Å². The highest BCUT2D eigenvalue weighted by Crippen LogP contribution is 2.16. The van der Waals surface area contributed by atoms with Crippen molar-refractivity contribution >= 4 is 35.0 Å². The molecule has 0 unspecified atom stereocenters. The molecule has 6 heteroatoms. The molecule has 0 saturated carbocycles. The summed E-state index contributed by atoms with van der Waals surface area (Å²) >= 11 is 5.99. The minimum Gasteiger partial charge on any atom is -0.397 e. The van der Waals surface area contributed by atoms with Gasteiger partial charge in [-0.1, -0.05) is 35.9 Å². The molecule has 1 heterocycles. The minimum atomic E-state index is -0.363. The first-order valence-electron chi connectivity index (χ1n) is 8.30. The number of para-hydroxylation sites is 2. The number of pyridine rings is 1. The van der Waals surface area contributed by atoms with Crippen molar-refractivity contribution in [1.82, 2.24) is 4.57 Å². The average Bonchev–Trinajstić information content (AvgIpc) is 2.64. The molecule has 0 spiro atoms. The van der Waals surface area contributed by atoms with Crippen LogP contribution in [0, 0.1) is 0 Å². The Kier molecular flexibility index (Phi) is 5.74. The van der Waals surface area contributed by atoms with Gasteiger partial charge in [-0.15, -0.1) is 0 Å². The fourth-order valence-electron chi connectivity index (χ4n) is 2.59. The van der Waals surface area contributed by atoms with Gasteiger partial charge in [0.1, 0.15) is 0 Å². The molecule has 27 heavy (non-hydrogen) atoms. The van der Waals surface area contributed by atoms with Crippen molar-refractivity contribution < 1.29 is 4.79 Å². The van der Waals surface area contributed by atoms with E-state index in [0.29, 0.717) is 28.5 Å². The molecule has 5 nitrogen and oxygen atoms in total. The van der Waals surface area contributed by atoms with Gasteiger partial charge in [0.15, 0.2) is 0 Å². The summed E-state index contributed by atoms with van der Waals surface area (Å²) in [5, 5.41) is 3.31. The molecular weight excluding hydrogens is 362 g/mol. The van der Waals surface area contributed by atoms with Crippen LogP contribution in [-0.2, 0) is 11.3 Å². The lowest BCUT2D eigenvalue weighted by atomic mass is 10.2. The fourth-order valence-corrected chi connectivity index (χ4v) is 2.80. The molecule has 3 aromatic rings. The number of halogens is 1. The van der Waals surface area contributed by atoms with Crippen LogP contribution in [0.1, 0.15) is 11.1 Å². The van der Waals surface area contributed by atoms with Gasteiger partial charge in [0, 0.05) is 22.9 Å². The molecule has 1 amide bonds. The largest absolute Gasteiger partial charge is 0.397 e. The molecule has 0 atom stereocenters. The molecule has 0 fully saturated rings. The van der Waals surface area contributed by atoms with Crippen LogP contribution >= 0.6 is 11.6 Å². The number of carbonyl (C=O) groups is 1. The molecule has 1 aromatic heterocycles. The molecule has 0 bridgehead atoms. The van der Waals surface area contributed by atoms with Crippen LogP contribution in [0.15, 0.2) is 77.7 Å². The number of hydrogen-bond donors (Lipinski definition) is 2. The third-order valence-corrected chi connectivity index (χ3v) is 4.16. The second kappa shape index (κ2) is 8.38. The number of rotatable bonds is 5. The van der Waals surface area contributed by atoms with Crippen molar-refractivity contribution in [3.05, 3.63) is 99.4 Å². The van der Waals surface area contributed by atoms with Gasteiger partial charge >= 0.3 is 0 Å². The van der Waals surface area contributed by atoms with Gasteiger partial charge in [-0.3, -0.25) is 9.59 Å². The molecule has 0 aliphatic heterocycles. The van der Waals surface area contributed by atoms with Gasteiger partial charge in [0.25, 0.3) is 5.56 Å². The van der Waals surface area contributed by atoms with E-state index in [1.807, 2.05) is 18.2 Å². The molecule has 136 valence electrons. The smallest absolute Gasteiger partial charge is 0.258 e. The Bertz CT molecular complexity index is 1060. The summed E-state index contributed by atoms with van der Waals surface area (Å²) in [6, 6.07) is 17.7. The summed E-state index contributed by atoms with van der Waals surface area (Å²) in [7, 11) is 0. The summed E-state index contributed by atoms with van der Waals surface area (Å²) < 4.78 is 1.57. The van der Waals surface area contributed by atoms with E-state index in [0.717, 1.165) is 5.56 Å². The van der Waals surface area contributed by atoms with E-state index >= 15 is 0 Å². The Morgan fingerprint density at radius 1 is 1.11 bits per heavy atom. The van der Waals surface area contributed by atoms with E-state index in [9.17, 15) is 9.59 Å². The number of nitrogen functional groups attached to an aromatic ring is 1. The maximum Gasteiger partial charge on any atom is 0.258 e. The molecule has 0 aliphatic rings. The van der Waals surface area contributed by atoms with E-state index in [1.165, 1.54) is 12.2 Å². The zero-order valence-electron chi connectivity index (χ0n) is 14.4. The highest BCUT2D eigenvalue weighted by Gasteiger charge is 2.04. The molecule has 3 N–H and O–H groups in total. The Balaban J connectivity index is 1.75. The van der Waals surface area contributed by atoms with Crippen molar-refractivity contribution in [1.29, 1.82) is 0 Å². The highest BCUT2D eigenvalue weighted by molar-refractivity contribution is 6.30. The third kappa shape index (κ3) is 4.86. The Morgan fingerprint density at radius 2 is 1.93 bits per heavy atom. The van der Waals surface area contributed by atoms with Gasteiger partial charge in [-0.2, -0.15) is 0 Å². The molecule has 3 rings (SSSR count). The Labute approximate surface area is 161 Å². The van der Waals surface area contributed by atoms with Gasteiger partial charge in [0.05, 0.1) is 17.9 Å². The summed E-state index contributed by atoms with van der Waals surface area (Å²) in [6.45, 7) is 0.397. The number of benzene rings is 2. The monoisotopic (exact) mass is 379 g/mol. The number of carbonyl (C=O) groups excluding carboxylic acids is 1. The standard InChI is InChI=1S/C21H18ClN3O2/c22-17-7-3-5-15(13-17)14-25-12-4-6-16(21(25)27)10-11-20(26)24-19-9-2-1-8-18(19)23/h1-13H,14,23H2,(H,24,26)/b11-10+. The van der Waals surface area contributed by atoms with Crippen molar-refractivity contribution in [3.8, 4) is 0 Å². The van der Waals surface area contributed by atoms with Gasteiger partial charge in [-0.25, -0.2) is 0 Å². The van der Waals surface area contributed by atoms with Crippen LogP contribution in [0.3, 0.4) is 0 Å². The molecular formula is C21H18ClN3O2. The minimum absolute atomic E-state index is 0.194. The SMILES string of the molecule is Nc1ccccc1NC(=O)/C=C/c1cccn(Cc2cccc(Cl)c2)c1=O. The molecule has 0 radical (unpaired) electrons. The number of aromatic nitrogens is 1. The average molecular weight is 380 g/mol. The highest BCUT2D eigenvalue weighted by atomic mass is 35.5. The first-order chi connectivity index (χ1) is 13.0. The zero-order valence-corrected chi connectivity index (χ0v) is 15.2. The predicted octanol–water partition coefficient (Wildman–Crippen LogP) is 3.78. The normalized spacial score (nSPS) is 10.9. The number of nitrogens with one attached hydrogen (secondary N) is 1. The van der Waals surface area contributed by atoms with Gasteiger partial charge in [0.2, 0.25) is 5.91 Å². The second-order valence-electron chi connectivity index (χ2n) is 5.94. The summed E-state index contributed by atoms with van der Waals surface area (Å²) in [6.07, 6.45) is 4.50. The first-order valence-corrected chi connectivity index (χ1v) is 8.68. The quantitative estimate of drug-likeness (QED) is 0.523. The van der Waals surface area contributed by atoms with Crippen LogP contribution < -0.4 is 16.6 Å². The lowest BCUT2D eigenvalue weighted by Crippen LogP contribution is -2.22. The summed E-state index contributed by atoms with van der Waals surface area (Å²) in [5.74, 6) is -0.363. The topological polar surface area (TPSA) is 77.1 Å². The van der Waals surface area contributed by atoms with Crippen LogP contribution in [0.5, 0.6) is 0 Å². The van der Waals surface area contributed by atoms with Crippen molar-refractivity contribution in [2.75, 3.05) is 11.1 Å². The zero-order chi connectivity index (χ0) is 19.2. The van der Waals surface area contributed by atoms with E-state index in [1.54, 1.807) is 53.2 Å². The van der Waals surface area contributed by atoms with E-state index in [2.05, 4.69) is 5.32 Å². The maximum atomic E-state index is 12.6. The van der Waals surface area contributed by atoms with Gasteiger partial charge < -0.3 is 15.6 Å². The predicted molar refractivity (Wildman–Crippen MR) is 110 cm³/mol. The number of nitrogens with zero attached hydrogens (tertiary/aromatic N) is 1. The number of nitrogens with two attached hydrogens (primary N) is 1. The number of hydrogen-bond acceptors (Lipinski definition) is 3. The lowest BCUT2D eigenvalue weighted by Gasteiger charge is -2.07. The second-order valence-corrected chi connectivity index (χ2v) is 6.37. The molecule has 0 saturated heterocycles. The Hall–Kier alpha value is -3.31. The van der Waals surface area contributed by atoms with Crippen LogP contribution in [0.4, 0.5) is 11.4 Å². The van der Waals surface area contributed by atoms with E-state index < -0.39 is 0 Å². The van der Waals surface area contributed by atoms with Crippen LogP contribution in [0.2, 0.25) is 5.02 Å². The number of amides is 1. The van der Waals surface area contributed by atoms with Crippen molar-refractivity contribution in [3.63, 3.8) is 0 Å². The van der Waals surface area contributed by atoms with Crippen LogP contribution in [-0.4, -0.2) is 10.5 Å². The summed E-state index contributed by atoms with van der Waals surface area (Å²) in [5.41, 5.74) is 7.94. The molecule has 2 aromatic carbocycles. The molecule has 0 aliphatic carbocycles. The number of anilines is 2. The Morgan fingerprint density at radius 3 is 2.70 bits per heavy atom. The first kappa shape index (κ1) is 18.5. The van der Waals surface area contributed by atoms with Gasteiger partial charge in [-0.05, 0) is 48.0 Å². The third-order valence-electron chi connectivity index (χ3n) is 3.92. The summed E-state index contributed by atoms with van der Waals surface area (Å²) in [4.78, 5) is 24.7. The van der Waals surface area contributed by atoms with Crippen molar-refractivity contribution in [2.45, 2.75) is 6.54 Å². The van der Waals surface area contributed by atoms with E-state index in [-0.39, 0.29) is 11.5 Å². The van der Waals surface area contributed by atoms with Crippen LogP contribution in [0.25, 0.3) is 6.08 Å². The lowest BCUT2D eigenvalue weighted by molar-refractivity contribution is -0.111. The van der Waals surface area contributed by atoms with E-state index in [4.69, 9.17) is 17.3 Å².